The zero-order valence-electron chi connectivity index (χ0n) is 19.0. The lowest BCUT2D eigenvalue weighted by molar-refractivity contribution is -0.126. The van der Waals surface area contributed by atoms with Gasteiger partial charge in [-0.15, -0.1) is 0 Å². The number of aromatic nitrogens is 1. The van der Waals surface area contributed by atoms with Crippen LogP contribution in [0.15, 0.2) is 48.8 Å². The topological polar surface area (TPSA) is 92.0 Å². The normalized spacial score (nSPS) is 14.2. The van der Waals surface area contributed by atoms with E-state index >= 15 is 0 Å². The molecular weight excluding hydrogens is 406 g/mol. The van der Waals surface area contributed by atoms with Gasteiger partial charge in [0.25, 0.3) is 0 Å². The summed E-state index contributed by atoms with van der Waals surface area (Å²) >= 11 is 0. The number of nitrogens with two attached hydrogens (primary N) is 1. The van der Waals surface area contributed by atoms with Crippen LogP contribution in [-0.2, 0) is 16.1 Å². The molecule has 8 heteroatoms. The molecule has 32 heavy (non-hydrogen) atoms. The maximum Gasteiger partial charge on any atom is 0.404 e. The summed E-state index contributed by atoms with van der Waals surface area (Å²) in [6.07, 6.45) is 6.44. The van der Waals surface area contributed by atoms with Crippen molar-refractivity contribution in [3.63, 3.8) is 0 Å². The maximum absolute atomic E-state index is 12.4. The first-order valence-corrected chi connectivity index (χ1v) is 10.7. The summed E-state index contributed by atoms with van der Waals surface area (Å²) in [4.78, 5) is 33.8. The molecule has 0 radical (unpaired) electrons. The van der Waals surface area contributed by atoms with E-state index in [2.05, 4.69) is 16.0 Å². The smallest absolute Gasteiger partial charge is 0.404 e. The van der Waals surface area contributed by atoms with Gasteiger partial charge in [0.15, 0.2) is 0 Å². The SMILES string of the molecule is Cc1cc(-c2ccncc2N2CCN(C(=O)C=CCN(C)C)CC2)ccc1COC(N)=O. The number of anilines is 1. The largest absolute Gasteiger partial charge is 0.445 e. The number of ether oxygens (including phenoxy) is 1. The predicted molar refractivity (Wildman–Crippen MR) is 125 cm³/mol. The van der Waals surface area contributed by atoms with Crippen LogP contribution in [0.1, 0.15) is 11.1 Å². The second-order valence-corrected chi connectivity index (χ2v) is 8.12. The standard InChI is InChI=1S/C24H31N5O3/c1-18-15-19(6-7-20(18)17-32-24(25)31)21-8-9-26-16-22(21)28-11-13-29(14-12-28)23(30)5-4-10-27(2)3/h4-9,15-16H,10-14,17H2,1-3H3,(H2,25,31). The highest BCUT2D eigenvalue weighted by atomic mass is 16.5. The lowest BCUT2D eigenvalue weighted by atomic mass is 9.99. The van der Waals surface area contributed by atoms with E-state index in [1.54, 1.807) is 12.3 Å². The molecule has 1 saturated heterocycles. The molecule has 1 aromatic heterocycles. The molecular formula is C24H31N5O3. The van der Waals surface area contributed by atoms with Crippen LogP contribution in [-0.4, -0.2) is 73.6 Å². The van der Waals surface area contributed by atoms with Gasteiger partial charge in [0.1, 0.15) is 6.61 Å². The Morgan fingerprint density at radius 1 is 1.19 bits per heavy atom. The van der Waals surface area contributed by atoms with E-state index in [0.717, 1.165) is 47.6 Å². The zero-order chi connectivity index (χ0) is 23.1. The van der Waals surface area contributed by atoms with E-state index in [9.17, 15) is 9.59 Å². The molecule has 2 amide bonds. The van der Waals surface area contributed by atoms with E-state index < -0.39 is 6.09 Å². The van der Waals surface area contributed by atoms with Crippen molar-refractivity contribution in [2.24, 2.45) is 5.73 Å². The zero-order valence-corrected chi connectivity index (χ0v) is 19.0. The van der Waals surface area contributed by atoms with Crippen LogP contribution < -0.4 is 10.6 Å². The Labute approximate surface area is 189 Å². The van der Waals surface area contributed by atoms with Crippen LogP contribution in [0, 0.1) is 6.92 Å². The quantitative estimate of drug-likeness (QED) is 0.669. The molecule has 1 aromatic carbocycles. The molecule has 2 N–H and O–H groups in total. The first kappa shape index (κ1) is 23.3. The van der Waals surface area contributed by atoms with Gasteiger partial charge in [-0.2, -0.15) is 0 Å². The van der Waals surface area contributed by atoms with E-state index in [1.807, 2.05) is 61.3 Å². The number of amides is 2. The first-order chi connectivity index (χ1) is 15.3. The Kier molecular flexibility index (Phi) is 7.83. The number of rotatable bonds is 7. The highest BCUT2D eigenvalue weighted by Crippen LogP contribution is 2.32. The summed E-state index contributed by atoms with van der Waals surface area (Å²) < 4.78 is 4.92. The summed E-state index contributed by atoms with van der Waals surface area (Å²) in [6, 6.07) is 8.05. The molecule has 1 fully saturated rings. The van der Waals surface area contributed by atoms with Crippen molar-refractivity contribution in [3.05, 3.63) is 59.9 Å². The third-order valence-electron chi connectivity index (χ3n) is 5.49. The van der Waals surface area contributed by atoms with E-state index in [1.165, 1.54) is 0 Å². The Morgan fingerprint density at radius 3 is 2.59 bits per heavy atom. The lowest BCUT2D eigenvalue weighted by Gasteiger charge is -2.36. The highest BCUT2D eigenvalue weighted by Gasteiger charge is 2.22. The number of nitrogens with zero attached hydrogens (tertiary/aromatic N) is 4. The van der Waals surface area contributed by atoms with Gasteiger partial charge in [-0.1, -0.05) is 24.3 Å². The Bertz CT molecular complexity index is 981. The van der Waals surface area contributed by atoms with Gasteiger partial charge in [-0.25, -0.2) is 4.79 Å². The number of carbonyl (C=O) groups is 2. The molecule has 1 aliphatic heterocycles. The number of benzene rings is 1. The van der Waals surface area contributed by atoms with Crippen molar-refractivity contribution >= 4 is 17.7 Å². The summed E-state index contributed by atoms with van der Waals surface area (Å²) in [5.74, 6) is 0.0577. The molecule has 2 heterocycles. The van der Waals surface area contributed by atoms with Crippen LogP contribution in [0.4, 0.5) is 10.5 Å². The summed E-state index contributed by atoms with van der Waals surface area (Å²) in [5, 5.41) is 0. The van der Waals surface area contributed by atoms with Crippen LogP contribution >= 0.6 is 0 Å². The predicted octanol–water partition coefficient (Wildman–Crippen LogP) is 2.42. The number of hydrogen-bond donors (Lipinski definition) is 1. The number of likely N-dealkylation sites (N-methyl/N-ethyl adjacent to an activating group) is 1. The van der Waals surface area contributed by atoms with Gasteiger partial charge in [0.2, 0.25) is 5.91 Å². The van der Waals surface area contributed by atoms with Crippen molar-refractivity contribution < 1.29 is 14.3 Å². The molecule has 2 aromatic rings. The molecule has 0 aliphatic carbocycles. The minimum absolute atomic E-state index is 0.0577. The van der Waals surface area contributed by atoms with Gasteiger partial charge in [0.05, 0.1) is 11.9 Å². The minimum atomic E-state index is -0.782. The van der Waals surface area contributed by atoms with Gasteiger partial charge in [-0.05, 0) is 43.8 Å². The number of pyridine rings is 1. The fourth-order valence-electron chi connectivity index (χ4n) is 3.69. The average Bonchev–Trinajstić information content (AvgIpc) is 2.78. The van der Waals surface area contributed by atoms with Crippen LogP contribution in [0.2, 0.25) is 0 Å². The maximum atomic E-state index is 12.4. The number of primary amides is 1. The monoisotopic (exact) mass is 437 g/mol. The Hall–Kier alpha value is -3.39. The van der Waals surface area contributed by atoms with Gasteiger partial charge in [-0.3, -0.25) is 9.78 Å². The number of aryl methyl sites for hydroxylation is 1. The summed E-state index contributed by atoms with van der Waals surface area (Å²) in [7, 11) is 3.95. The van der Waals surface area contributed by atoms with E-state index in [4.69, 9.17) is 10.5 Å². The number of hydrogen-bond acceptors (Lipinski definition) is 6. The van der Waals surface area contributed by atoms with Crippen molar-refractivity contribution in [2.45, 2.75) is 13.5 Å². The fourth-order valence-corrected chi connectivity index (χ4v) is 3.69. The van der Waals surface area contributed by atoms with E-state index in [-0.39, 0.29) is 12.5 Å². The van der Waals surface area contributed by atoms with Crippen LogP contribution in [0.5, 0.6) is 0 Å². The molecule has 0 atom stereocenters. The van der Waals surface area contributed by atoms with Gasteiger partial charge < -0.3 is 25.2 Å². The van der Waals surface area contributed by atoms with Gasteiger partial charge in [0, 0.05) is 50.6 Å². The molecule has 0 unspecified atom stereocenters. The molecule has 0 saturated carbocycles. The average molecular weight is 438 g/mol. The van der Waals surface area contributed by atoms with Crippen molar-refractivity contribution in [2.75, 3.05) is 51.7 Å². The van der Waals surface area contributed by atoms with Crippen molar-refractivity contribution in [1.82, 2.24) is 14.8 Å². The van der Waals surface area contributed by atoms with Crippen LogP contribution in [0.25, 0.3) is 11.1 Å². The minimum Gasteiger partial charge on any atom is -0.445 e. The fraction of sp³-hybridized carbons (Fsp3) is 0.375. The summed E-state index contributed by atoms with van der Waals surface area (Å²) in [5.41, 5.74) is 10.2. The lowest BCUT2D eigenvalue weighted by Crippen LogP contribution is -2.48. The molecule has 170 valence electrons. The molecule has 3 rings (SSSR count). The Morgan fingerprint density at radius 2 is 1.94 bits per heavy atom. The van der Waals surface area contributed by atoms with Crippen molar-refractivity contribution in [3.8, 4) is 11.1 Å². The second-order valence-electron chi connectivity index (χ2n) is 8.12. The molecule has 8 nitrogen and oxygen atoms in total. The molecule has 0 spiro atoms. The second kappa shape index (κ2) is 10.8. The highest BCUT2D eigenvalue weighted by molar-refractivity contribution is 5.88. The third kappa shape index (κ3) is 6.07. The van der Waals surface area contributed by atoms with Crippen molar-refractivity contribution in [1.29, 1.82) is 0 Å². The molecule has 1 aliphatic rings. The molecule has 0 bridgehead atoms. The summed E-state index contributed by atoms with van der Waals surface area (Å²) in [6.45, 7) is 5.72. The number of carbonyl (C=O) groups excluding carboxylic acids is 2. The van der Waals surface area contributed by atoms with Gasteiger partial charge >= 0.3 is 6.09 Å². The number of piperazine rings is 1. The first-order valence-electron chi connectivity index (χ1n) is 10.7. The Balaban J connectivity index is 1.70. The van der Waals surface area contributed by atoms with Crippen LogP contribution in [0.3, 0.4) is 0 Å². The third-order valence-corrected chi connectivity index (χ3v) is 5.49. The van der Waals surface area contributed by atoms with E-state index in [0.29, 0.717) is 13.1 Å².